The summed E-state index contributed by atoms with van der Waals surface area (Å²) in [4.78, 5) is 34.9. The van der Waals surface area contributed by atoms with Crippen molar-refractivity contribution in [3.8, 4) is 0 Å². The number of rotatable bonds is 5. The van der Waals surface area contributed by atoms with Gasteiger partial charge in [0, 0.05) is 5.92 Å². The summed E-state index contributed by atoms with van der Waals surface area (Å²) in [6, 6.07) is -0.335. The minimum atomic E-state index is -0.750. The zero-order chi connectivity index (χ0) is 19.0. The zero-order valence-corrected chi connectivity index (χ0v) is 14.8. The number of methoxy groups -OCH3 is 1. The van der Waals surface area contributed by atoms with Gasteiger partial charge in [-0.15, -0.1) is 0 Å². The van der Waals surface area contributed by atoms with Crippen molar-refractivity contribution in [3.05, 3.63) is 28.8 Å². The molecule has 1 unspecified atom stereocenters. The molecule has 1 aliphatic carbocycles. The molecule has 2 aromatic heterocycles. The van der Waals surface area contributed by atoms with Crippen LogP contribution in [0.5, 0.6) is 0 Å². The van der Waals surface area contributed by atoms with Crippen LogP contribution in [0.25, 0.3) is 11.2 Å². The number of carbonyl (C=O) groups is 1. The third-order valence-electron chi connectivity index (χ3n) is 5.06. The summed E-state index contributed by atoms with van der Waals surface area (Å²) in [5.41, 5.74) is 6.41. The van der Waals surface area contributed by atoms with Gasteiger partial charge in [-0.1, -0.05) is 19.9 Å². The monoisotopic (exact) mass is 361 g/mol. The van der Waals surface area contributed by atoms with Crippen LogP contribution < -0.4 is 11.3 Å². The van der Waals surface area contributed by atoms with E-state index in [2.05, 4.69) is 21.5 Å². The van der Waals surface area contributed by atoms with Gasteiger partial charge in [0.2, 0.25) is 5.95 Å². The lowest BCUT2D eigenvalue weighted by Gasteiger charge is -2.25. The van der Waals surface area contributed by atoms with Crippen LogP contribution >= 0.6 is 0 Å². The van der Waals surface area contributed by atoms with Crippen LogP contribution in [0.15, 0.2) is 23.3 Å². The molecule has 3 rings (SSSR count). The molecule has 4 atom stereocenters. The molecule has 0 aliphatic heterocycles. The topological polar surface area (TPSA) is 136 Å². The highest BCUT2D eigenvalue weighted by Crippen LogP contribution is 2.45. The summed E-state index contributed by atoms with van der Waals surface area (Å²) in [5, 5.41) is 10.6. The smallest absolute Gasteiger partial charge is 0.309 e. The van der Waals surface area contributed by atoms with E-state index in [9.17, 15) is 14.7 Å². The number of nitrogen functional groups attached to an aromatic ring is 1. The molecule has 0 bridgehead atoms. The van der Waals surface area contributed by atoms with Crippen molar-refractivity contribution in [2.45, 2.75) is 38.3 Å². The number of anilines is 1. The Morgan fingerprint density at radius 1 is 1.62 bits per heavy atom. The van der Waals surface area contributed by atoms with Crippen molar-refractivity contribution in [1.29, 1.82) is 0 Å². The second-order valence-electron chi connectivity index (χ2n) is 6.61. The fraction of sp³-hybridized carbons (Fsp3) is 0.529. The highest BCUT2D eigenvalue weighted by molar-refractivity contribution is 5.74. The third-order valence-corrected chi connectivity index (χ3v) is 5.06. The molecule has 4 N–H and O–H groups in total. The number of carbonyl (C=O) groups excluding carboxylic acids is 1. The molecule has 9 heteroatoms. The second kappa shape index (κ2) is 6.91. The van der Waals surface area contributed by atoms with Gasteiger partial charge in [0.15, 0.2) is 11.2 Å². The number of hydrogen-bond acceptors (Lipinski definition) is 7. The molecule has 2 heterocycles. The summed E-state index contributed by atoms with van der Waals surface area (Å²) in [5.74, 6) is -1.26. The van der Waals surface area contributed by atoms with Crippen LogP contribution in [0.4, 0.5) is 5.95 Å². The maximum Gasteiger partial charge on any atom is 0.309 e. The maximum atomic E-state index is 12.2. The van der Waals surface area contributed by atoms with E-state index in [1.165, 1.54) is 13.4 Å². The molecule has 26 heavy (non-hydrogen) atoms. The second-order valence-corrected chi connectivity index (χ2v) is 6.61. The van der Waals surface area contributed by atoms with Gasteiger partial charge in [0.25, 0.3) is 5.56 Å². The molecule has 9 nitrogen and oxygen atoms in total. The Hall–Kier alpha value is -2.68. The largest absolute Gasteiger partial charge is 0.469 e. The highest BCUT2D eigenvalue weighted by Gasteiger charge is 2.45. The maximum absolute atomic E-state index is 12.2. The molecule has 2 aromatic rings. The van der Waals surface area contributed by atoms with Crippen molar-refractivity contribution in [2.75, 3.05) is 12.8 Å². The lowest BCUT2D eigenvalue weighted by Crippen LogP contribution is -2.31. The Bertz CT molecular complexity index is 902. The fourth-order valence-corrected chi connectivity index (χ4v) is 3.89. The van der Waals surface area contributed by atoms with Crippen LogP contribution in [0.1, 0.15) is 32.2 Å². The van der Waals surface area contributed by atoms with Crippen LogP contribution in [0.2, 0.25) is 0 Å². The van der Waals surface area contributed by atoms with Crippen molar-refractivity contribution in [1.82, 2.24) is 19.5 Å². The van der Waals surface area contributed by atoms with Crippen molar-refractivity contribution >= 4 is 23.1 Å². The molecule has 1 fully saturated rings. The molecule has 0 radical (unpaired) electrons. The van der Waals surface area contributed by atoms with E-state index in [4.69, 9.17) is 10.5 Å². The lowest BCUT2D eigenvalue weighted by atomic mass is 9.83. The van der Waals surface area contributed by atoms with Crippen LogP contribution in [0, 0.1) is 11.8 Å². The van der Waals surface area contributed by atoms with Crippen molar-refractivity contribution in [3.63, 3.8) is 0 Å². The minimum Gasteiger partial charge on any atom is -0.469 e. The van der Waals surface area contributed by atoms with Gasteiger partial charge in [0.05, 0.1) is 31.5 Å². The summed E-state index contributed by atoms with van der Waals surface area (Å²) in [6.45, 7) is 6.11. The number of hydrogen-bond donors (Lipinski definition) is 3. The molecule has 1 saturated carbocycles. The first-order valence-electron chi connectivity index (χ1n) is 8.55. The van der Waals surface area contributed by atoms with Gasteiger partial charge in [-0.2, -0.15) is 4.98 Å². The van der Waals surface area contributed by atoms with Gasteiger partial charge in [-0.25, -0.2) is 4.98 Å². The summed E-state index contributed by atoms with van der Waals surface area (Å²) < 4.78 is 6.60. The Morgan fingerprint density at radius 3 is 3.00 bits per heavy atom. The molecule has 0 aromatic carbocycles. The van der Waals surface area contributed by atoms with E-state index in [0.29, 0.717) is 24.1 Å². The molecule has 1 aliphatic rings. The number of fused-ring (bicyclic) bond motifs is 1. The van der Waals surface area contributed by atoms with Crippen molar-refractivity contribution in [2.24, 2.45) is 11.8 Å². The number of esters is 1. The van der Waals surface area contributed by atoms with E-state index >= 15 is 0 Å². The Balaban J connectivity index is 2.00. The first-order valence-corrected chi connectivity index (χ1v) is 8.55. The number of aliphatic hydroxyl groups excluding tert-OH is 1. The van der Waals surface area contributed by atoms with Gasteiger partial charge >= 0.3 is 5.97 Å². The Kier molecular flexibility index (Phi) is 4.82. The van der Waals surface area contributed by atoms with Gasteiger partial charge < -0.3 is 20.1 Å². The number of ether oxygens (including phenoxy) is 1. The zero-order valence-electron chi connectivity index (χ0n) is 14.8. The van der Waals surface area contributed by atoms with Crippen LogP contribution in [-0.4, -0.2) is 43.8 Å². The summed E-state index contributed by atoms with van der Waals surface area (Å²) in [6.07, 6.45) is 2.46. The van der Waals surface area contributed by atoms with Crippen molar-refractivity contribution < 1.29 is 14.6 Å². The van der Waals surface area contributed by atoms with E-state index in [1.807, 2.05) is 6.92 Å². The predicted octanol–water partition coefficient (Wildman–Crippen LogP) is 0.769. The molecule has 140 valence electrons. The molecule has 0 spiro atoms. The van der Waals surface area contributed by atoms with Crippen LogP contribution in [0.3, 0.4) is 0 Å². The summed E-state index contributed by atoms with van der Waals surface area (Å²) in [7, 11) is 1.34. The average Bonchev–Trinajstić information content (AvgIpc) is 3.13. The average molecular weight is 361 g/mol. The first kappa shape index (κ1) is 18.1. The number of imidazole rings is 1. The van der Waals surface area contributed by atoms with E-state index < -0.39 is 23.5 Å². The van der Waals surface area contributed by atoms with E-state index in [1.54, 1.807) is 4.57 Å². The quantitative estimate of drug-likeness (QED) is 0.528. The first-order chi connectivity index (χ1) is 12.4. The molecular weight excluding hydrogens is 338 g/mol. The molecular formula is C17H23N5O4. The number of aromatic amines is 1. The SMILES string of the molecule is C=C1[C@@H](C(CCC)C(=O)OC)[C@@H](O)C[C@@H]1n1cnc2c(=O)[nH]c(N)nc21. The van der Waals surface area contributed by atoms with E-state index in [0.717, 1.165) is 6.42 Å². The highest BCUT2D eigenvalue weighted by atomic mass is 16.5. The number of aliphatic hydroxyl groups is 1. The third kappa shape index (κ3) is 2.88. The minimum absolute atomic E-state index is 0.0108. The number of nitrogens with zero attached hydrogens (tertiary/aromatic N) is 3. The fourth-order valence-electron chi connectivity index (χ4n) is 3.89. The number of nitrogens with one attached hydrogen (secondary N) is 1. The van der Waals surface area contributed by atoms with Gasteiger partial charge in [-0.3, -0.25) is 14.6 Å². The number of H-pyrrole nitrogens is 1. The number of nitrogens with two attached hydrogens (primary N) is 1. The molecule has 0 amide bonds. The number of aromatic nitrogens is 4. The molecule has 0 saturated heterocycles. The van der Waals surface area contributed by atoms with E-state index in [-0.39, 0.29) is 23.5 Å². The lowest BCUT2D eigenvalue weighted by molar-refractivity contribution is -0.148. The standard InChI is InChI=1S/C17H23N5O4/c1-4-5-9(16(25)26-3)12-8(2)10(6-11(12)23)22-7-19-13-14(22)20-17(18)21-15(13)24/h7,9-12,23H,2,4-6H2,1,3H3,(H3,18,20,21,24)/t9?,10-,11-,12-/m0/s1. The predicted molar refractivity (Wildman–Crippen MR) is 95.3 cm³/mol. The Labute approximate surface area is 149 Å². The normalized spacial score (nSPS) is 24.1. The summed E-state index contributed by atoms with van der Waals surface area (Å²) >= 11 is 0. The van der Waals surface area contributed by atoms with Crippen LogP contribution in [-0.2, 0) is 9.53 Å². The van der Waals surface area contributed by atoms with Gasteiger partial charge in [-0.05, 0) is 18.4 Å². The Morgan fingerprint density at radius 2 is 2.35 bits per heavy atom. The van der Waals surface area contributed by atoms with Gasteiger partial charge in [0.1, 0.15) is 0 Å².